The number of benzene rings is 2. The van der Waals surface area contributed by atoms with Gasteiger partial charge in [-0.05, 0) is 41.8 Å². The Morgan fingerprint density at radius 1 is 1.16 bits per heavy atom. The van der Waals surface area contributed by atoms with Gasteiger partial charge in [0, 0.05) is 38.4 Å². The summed E-state index contributed by atoms with van der Waals surface area (Å²) < 4.78 is 13.7. The van der Waals surface area contributed by atoms with Crippen molar-refractivity contribution >= 4 is 11.6 Å². The summed E-state index contributed by atoms with van der Waals surface area (Å²) in [6.45, 7) is 7.19. The van der Waals surface area contributed by atoms with Crippen LogP contribution in [0.2, 0.25) is 0 Å². The lowest BCUT2D eigenvalue weighted by Gasteiger charge is -2.28. The average Bonchev–Trinajstić information content (AvgIpc) is 2.64. The summed E-state index contributed by atoms with van der Waals surface area (Å²) >= 11 is 0. The lowest BCUT2D eigenvalue weighted by atomic mass is 10.0. The van der Waals surface area contributed by atoms with E-state index in [1.54, 1.807) is 12.1 Å². The van der Waals surface area contributed by atoms with E-state index in [1.165, 1.54) is 23.3 Å². The fourth-order valence-corrected chi connectivity index (χ4v) is 3.14. The molecule has 3 rings (SSSR count). The number of hydrogen-bond acceptors (Lipinski definition) is 3. The zero-order valence-corrected chi connectivity index (χ0v) is 14.5. The van der Waals surface area contributed by atoms with Crippen LogP contribution < -0.4 is 10.6 Å². The summed E-state index contributed by atoms with van der Waals surface area (Å²) in [7, 11) is 0. The Morgan fingerprint density at radius 2 is 1.92 bits per heavy atom. The predicted octanol–water partition coefficient (Wildman–Crippen LogP) is 3.05. The molecule has 1 heterocycles. The molecule has 5 heteroatoms. The van der Waals surface area contributed by atoms with E-state index in [4.69, 9.17) is 0 Å². The Morgan fingerprint density at radius 3 is 2.64 bits per heavy atom. The number of carbonyl (C=O) groups is 1. The molecule has 0 unspecified atom stereocenters. The van der Waals surface area contributed by atoms with Gasteiger partial charge in [-0.1, -0.05) is 25.1 Å². The maximum absolute atomic E-state index is 13.7. The highest BCUT2D eigenvalue weighted by molar-refractivity contribution is 6.04. The lowest BCUT2D eigenvalue weighted by molar-refractivity contribution is 0.102. The minimum Gasteiger partial charge on any atom is -0.322 e. The number of hydrogen-bond donors (Lipinski definition) is 2. The number of piperazine rings is 1. The fraction of sp³-hybridized carbons (Fsp3) is 0.350. The van der Waals surface area contributed by atoms with E-state index in [2.05, 4.69) is 28.5 Å². The topological polar surface area (TPSA) is 44.4 Å². The van der Waals surface area contributed by atoms with Gasteiger partial charge in [0.15, 0.2) is 0 Å². The normalized spacial score (nSPS) is 15.1. The van der Waals surface area contributed by atoms with Crippen molar-refractivity contribution in [2.45, 2.75) is 19.9 Å². The molecule has 0 atom stereocenters. The third-order valence-corrected chi connectivity index (χ3v) is 4.57. The second-order valence-corrected chi connectivity index (χ2v) is 6.30. The van der Waals surface area contributed by atoms with Crippen molar-refractivity contribution in [3.8, 4) is 0 Å². The van der Waals surface area contributed by atoms with Crippen LogP contribution in [0.4, 0.5) is 10.1 Å². The van der Waals surface area contributed by atoms with E-state index in [9.17, 15) is 9.18 Å². The molecule has 25 heavy (non-hydrogen) atoms. The number of carbonyl (C=O) groups excluding carboxylic acids is 1. The van der Waals surface area contributed by atoms with Crippen molar-refractivity contribution in [2.75, 3.05) is 31.5 Å². The van der Waals surface area contributed by atoms with E-state index < -0.39 is 11.7 Å². The molecule has 2 aromatic rings. The highest BCUT2D eigenvalue weighted by Crippen LogP contribution is 2.20. The molecule has 0 bridgehead atoms. The van der Waals surface area contributed by atoms with Crippen LogP contribution in [0.1, 0.15) is 28.4 Å². The molecule has 4 nitrogen and oxygen atoms in total. The lowest BCUT2D eigenvalue weighted by Crippen LogP contribution is -2.43. The van der Waals surface area contributed by atoms with Gasteiger partial charge in [-0.3, -0.25) is 9.69 Å². The summed E-state index contributed by atoms with van der Waals surface area (Å²) in [4.78, 5) is 14.7. The number of aryl methyl sites for hydroxylation is 1. The van der Waals surface area contributed by atoms with Gasteiger partial charge >= 0.3 is 0 Å². The molecular weight excluding hydrogens is 317 g/mol. The monoisotopic (exact) mass is 341 g/mol. The number of anilines is 1. The van der Waals surface area contributed by atoms with Gasteiger partial charge < -0.3 is 10.6 Å². The maximum atomic E-state index is 13.7. The van der Waals surface area contributed by atoms with Gasteiger partial charge in [0.2, 0.25) is 0 Å². The maximum Gasteiger partial charge on any atom is 0.258 e. The van der Waals surface area contributed by atoms with Crippen LogP contribution in [0.25, 0.3) is 0 Å². The molecule has 2 N–H and O–H groups in total. The van der Waals surface area contributed by atoms with Crippen LogP contribution in [0, 0.1) is 5.82 Å². The van der Waals surface area contributed by atoms with E-state index in [0.717, 1.165) is 39.1 Å². The summed E-state index contributed by atoms with van der Waals surface area (Å²) in [6.07, 6.45) is 0.894. The third kappa shape index (κ3) is 4.44. The molecule has 132 valence electrons. The minimum atomic E-state index is -0.508. The van der Waals surface area contributed by atoms with Crippen LogP contribution in [0.3, 0.4) is 0 Å². The van der Waals surface area contributed by atoms with Gasteiger partial charge in [0.25, 0.3) is 5.91 Å². The Kier molecular flexibility index (Phi) is 5.79. The van der Waals surface area contributed by atoms with E-state index >= 15 is 0 Å². The fourth-order valence-electron chi connectivity index (χ4n) is 3.14. The molecular formula is C20H24FN3O. The van der Waals surface area contributed by atoms with E-state index in [1.807, 2.05) is 12.1 Å². The quantitative estimate of drug-likeness (QED) is 0.879. The molecule has 1 amide bonds. The molecule has 1 aliphatic rings. The molecule has 1 aliphatic heterocycles. The van der Waals surface area contributed by atoms with Crippen LogP contribution in [0.5, 0.6) is 0 Å². The summed E-state index contributed by atoms with van der Waals surface area (Å²) in [6, 6.07) is 12.0. The number of amides is 1. The first kappa shape index (κ1) is 17.6. The molecule has 0 saturated carbocycles. The molecule has 0 radical (unpaired) electrons. The molecule has 1 fully saturated rings. The first-order valence-electron chi connectivity index (χ1n) is 8.78. The van der Waals surface area contributed by atoms with E-state index in [-0.39, 0.29) is 5.56 Å². The highest BCUT2D eigenvalue weighted by Gasteiger charge is 2.14. The Bertz CT molecular complexity index is 741. The summed E-state index contributed by atoms with van der Waals surface area (Å²) in [5.41, 5.74) is 3.26. The van der Waals surface area contributed by atoms with Crippen molar-refractivity contribution in [1.82, 2.24) is 10.2 Å². The van der Waals surface area contributed by atoms with Crippen LogP contribution in [0.15, 0.2) is 42.5 Å². The van der Waals surface area contributed by atoms with Gasteiger partial charge in [0.05, 0.1) is 5.56 Å². The van der Waals surface area contributed by atoms with Gasteiger partial charge in [-0.15, -0.1) is 0 Å². The standard InChI is InChI=1S/C20H24FN3O/c1-2-15-13-17(23-20(25)18-5-3-4-6-19(18)21)8-7-16(15)14-24-11-9-22-10-12-24/h3-8,13,22H,2,9-12,14H2,1H3,(H,23,25). The van der Waals surface area contributed by atoms with Crippen molar-refractivity contribution in [3.63, 3.8) is 0 Å². The predicted molar refractivity (Wildman–Crippen MR) is 98.3 cm³/mol. The SMILES string of the molecule is CCc1cc(NC(=O)c2ccccc2F)ccc1CN1CCNCC1. The van der Waals surface area contributed by atoms with Crippen molar-refractivity contribution in [1.29, 1.82) is 0 Å². The molecule has 1 saturated heterocycles. The van der Waals surface area contributed by atoms with Crippen molar-refractivity contribution < 1.29 is 9.18 Å². The molecule has 0 spiro atoms. The Labute approximate surface area is 148 Å². The van der Waals surface area contributed by atoms with Gasteiger partial charge in [0.1, 0.15) is 5.82 Å². The van der Waals surface area contributed by atoms with Crippen LogP contribution in [-0.2, 0) is 13.0 Å². The molecule has 2 aromatic carbocycles. The Hall–Kier alpha value is -2.24. The largest absolute Gasteiger partial charge is 0.322 e. The van der Waals surface area contributed by atoms with Crippen molar-refractivity contribution in [3.05, 3.63) is 65.0 Å². The zero-order chi connectivity index (χ0) is 17.6. The van der Waals surface area contributed by atoms with Gasteiger partial charge in [-0.2, -0.15) is 0 Å². The van der Waals surface area contributed by atoms with Crippen LogP contribution in [-0.4, -0.2) is 37.0 Å². The average molecular weight is 341 g/mol. The molecule has 0 aliphatic carbocycles. The smallest absolute Gasteiger partial charge is 0.258 e. The minimum absolute atomic E-state index is 0.0606. The zero-order valence-electron chi connectivity index (χ0n) is 14.5. The number of halogens is 1. The Balaban J connectivity index is 1.72. The second kappa shape index (κ2) is 8.23. The first-order chi connectivity index (χ1) is 12.2. The number of nitrogens with one attached hydrogen (secondary N) is 2. The van der Waals surface area contributed by atoms with E-state index in [0.29, 0.717) is 5.69 Å². The number of nitrogens with zero attached hydrogens (tertiary/aromatic N) is 1. The molecule has 0 aromatic heterocycles. The third-order valence-electron chi connectivity index (χ3n) is 4.57. The van der Waals surface area contributed by atoms with Crippen molar-refractivity contribution in [2.24, 2.45) is 0 Å². The number of rotatable bonds is 5. The summed E-state index contributed by atoms with van der Waals surface area (Å²) in [5.74, 6) is -0.930. The first-order valence-corrected chi connectivity index (χ1v) is 8.78. The summed E-state index contributed by atoms with van der Waals surface area (Å²) in [5, 5.41) is 6.16. The van der Waals surface area contributed by atoms with Gasteiger partial charge in [-0.25, -0.2) is 4.39 Å². The highest BCUT2D eigenvalue weighted by atomic mass is 19.1. The van der Waals surface area contributed by atoms with Crippen LogP contribution >= 0.6 is 0 Å². The second-order valence-electron chi connectivity index (χ2n) is 6.30.